The summed E-state index contributed by atoms with van der Waals surface area (Å²) in [6.45, 7) is 16.1. The maximum Gasteiger partial charge on any atom is 0.408 e. The molecule has 11 N–H and O–H groups in total. The zero-order valence-corrected chi connectivity index (χ0v) is 39.7. The second kappa shape index (κ2) is 21.8. The number of unbranched alkanes of at least 4 members (excludes halogenated alkanes) is 1. The van der Waals surface area contributed by atoms with Gasteiger partial charge in [0.1, 0.15) is 52.9 Å². The second-order valence-electron chi connectivity index (χ2n) is 19.5. The first-order valence-electron chi connectivity index (χ1n) is 22.2. The van der Waals surface area contributed by atoms with Gasteiger partial charge in [0.2, 0.25) is 11.8 Å². The van der Waals surface area contributed by atoms with E-state index >= 15 is 9.59 Å². The Balaban J connectivity index is 1.91. The molecule has 0 spiro atoms. The monoisotopic (exact) mass is 914 g/mol. The van der Waals surface area contributed by atoms with Crippen LogP contribution in [0.4, 0.5) is 21.0 Å². The topological polar surface area (TPSA) is 270 Å². The van der Waals surface area contributed by atoms with Crippen molar-refractivity contribution in [1.29, 1.82) is 0 Å². The number of ether oxygens (including phenoxy) is 3. The van der Waals surface area contributed by atoms with Crippen LogP contribution in [0.3, 0.4) is 0 Å². The first kappa shape index (κ1) is 52.3. The normalized spacial score (nSPS) is 16.6. The number of alkyl carbamates (subject to hydrolysis) is 2. The molecular formula is C49H69N8O9+. The Morgan fingerprint density at radius 2 is 1.17 bits per heavy atom. The number of quaternary nitrogens is 1. The summed E-state index contributed by atoms with van der Waals surface area (Å²) >= 11 is 0. The van der Waals surface area contributed by atoms with Crippen LogP contribution in [-0.2, 0) is 41.5 Å². The minimum atomic E-state index is -1.46. The number of anilines is 1. The van der Waals surface area contributed by atoms with Crippen molar-refractivity contribution in [2.75, 3.05) is 12.3 Å². The summed E-state index contributed by atoms with van der Waals surface area (Å²) in [6, 6.07) is 15.1. The molecule has 0 fully saturated rings. The number of carbonyl (C=O) groups excluding carboxylic acids is 6. The van der Waals surface area contributed by atoms with E-state index in [0.717, 1.165) is 0 Å². The Bertz CT molecular complexity index is 2240. The number of rotatable bonds is 18. The minimum absolute atomic E-state index is 0.0257. The van der Waals surface area contributed by atoms with Gasteiger partial charge in [0.05, 0.1) is 0 Å². The maximum atomic E-state index is 15.9. The number of nitrogens with zero attached hydrogens (tertiary/aromatic N) is 1. The van der Waals surface area contributed by atoms with E-state index in [1.807, 2.05) is 20.8 Å². The van der Waals surface area contributed by atoms with E-state index in [-0.39, 0.29) is 31.4 Å². The highest BCUT2D eigenvalue weighted by molar-refractivity contribution is 6.18. The Hall–Kier alpha value is -6.30. The molecule has 17 nitrogen and oxygen atoms in total. The number of hydrogen-bond donors (Lipinski definition) is 7. The third kappa shape index (κ3) is 14.9. The van der Waals surface area contributed by atoms with E-state index in [1.165, 1.54) is 6.20 Å². The smallest absolute Gasteiger partial charge is 0.408 e. The van der Waals surface area contributed by atoms with Crippen molar-refractivity contribution in [1.82, 2.24) is 20.4 Å². The molecule has 0 aromatic heterocycles. The Kier molecular flexibility index (Phi) is 17.3. The van der Waals surface area contributed by atoms with Crippen molar-refractivity contribution in [3.63, 3.8) is 0 Å². The van der Waals surface area contributed by atoms with Crippen LogP contribution in [-0.4, -0.2) is 83.3 Å². The standard InChI is InChI=1S/C49H68N8O9/c1-47(2,3)64-34-23-19-31(20-24-34)27-39(54-42(59)38(56-46(63)66-49(7,8)9)26-30-17-21-33(51)22-18-30)44(61)57(43(60)36(52)15-12-13-25-50)29-32(35-14-10-11-16-40(35)57)28-37(41(53)58)55-45(62)65-48(4,5)6/h10-11,14,16-24,29,36-39H,12-13,15,25-28,50-52H2,1-9H3,(H4-,53,54,55,56,58,59,62,63)/p+1/t36-,37-,38-,39-,57?/m0/s1. The maximum absolute atomic E-state index is 15.9. The van der Waals surface area contributed by atoms with E-state index < -0.39 is 81.3 Å². The van der Waals surface area contributed by atoms with Crippen LogP contribution < -0.4 is 48.1 Å². The predicted molar refractivity (Wildman–Crippen MR) is 254 cm³/mol. The van der Waals surface area contributed by atoms with Gasteiger partial charge in [-0.25, -0.2) is 19.2 Å². The van der Waals surface area contributed by atoms with Crippen molar-refractivity contribution >= 4 is 52.8 Å². The largest absolute Gasteiger partial charge is 0.488 e. The van der Waals surface area contributed by atoms with Crippen molar-refractivity contribution < 1.29 is 43.0 Å². The SMILES string of the molecule is CC(C)(C)OC(=O)N[C@@H](CC1=C[N+](C(=O)[C@H](Cc2ccc(OC(C)(C)C)cc2)NC(=O)[C@H](Cc2ccc(N)cc2)NC(=O)OC(C)(C)C)(C(=O)[C@@H](N)CCCCN)c2ccccc21)C(N)=O. The fourth-order valence-corrected chi connectivity index (χ4v) is 7.40. The summed E-state index contributed by atoms with van der Waals surface area (Å²) in [4.78, 5) is 85.0. The highest BCUT2D eigenvalue weighted by Crippen LogP contribution is 2.44. The molecule has 1 unspecified atom stereocenters. The van der Waals surface area contributed by atoms with E-state index in [4.69, 9.17) is 37.1 Å². The van der Waals surface area contributed by atoms with Gasteiger partial charge in [0.15, 0.2) is 5.69 Å². The van der Waals surface area contributed by atoms with E-state index in [1.54, 1.807) is 114 Å². The van der Waals surface area contributed by atoms with Crippen molar-refractivity contribution in [3.05, 3.63) is 95.7 Å². The summed E-state index contributed by atoms with van der Waals surface area (Å²) in [5, 5.41) is 8.10. The molecule has 0 aliphatic carbocycles. The number of amides is 6. The molecule has 358 valence electrons. The molecule has 66 heavy (non-hydrogen) atoms. The number of nitrogen functional groups attached to an aromatic ring is 1. The van der Waals surface area contributed by atoms with Gasteiger partial charge < -0.3 is 53.1 Å². The molecule has 3 aromatic carbocycles. The van der Waals surface area contributed by atoms with Crippen LogP contribution in [0.2, 0.25) is 0 Å². The summed E-state index contributed by atoms with van der Waals surface area (Å²) in [5.74, 6) is -2.59. The third-order valence-corrected chi connectivity index (χ3v) is 10.2. The number of primary amides is 1. The highest BCUT2D eigenvalue weighted by atomic mass is 16.6. The third-order valence-electron chi connectivity index (χ3n) is 10.2. The zero-order chi connectivity index (χ0) is 49.2. The number of fused-ring (bicyclic) bond motifs is 1. The van der Waals surface area contributed by atoms with Crippen LogP contribution in [0.1, 0.15) is 105 Å². The fraction of sp³-hybridized carbons (Fsp3) is 0.469. The number of benzene rings is 3. The molecule has 6 amide bonds. The lowest BCUT2D eigenvalue weighted by atomic mass is 9.98. The molecule has 0 radical (unpaired) electrons. The van der Waals surface area contributed by atoms with Crippen LogP contribution in [0.25, 0.3) is 5.57 Å². The molecule has 1 aliphatic heterocycles. The lowest BCUT2D eigenvalue weighted by Gasteiger charge is -2.33. The molecule has 0 saturated carbocycles. The lowest BCUT2D eigenvalue weighted by Crippen LogP contribution is -2.66. The first-order chi connectivity index (χ1) is 30.7. The molecule has 5 atom stereocenters. The summed E-state index contributed by atoms with van der Waals surface area (Å²) in [6.07, 6.45) is 0.455. The van der Waals surface area contributed by atoms with Gasteiger partial charge in [-0.3, -0.25) is 9.59 Å². The van der Waals surface area contributed by atoms with Crippen LogP contribution >= 0.6 is 0 Å². The van der Waals surface area contributed by atoms with E-state index in [2.05, 4.69) is 16.0 Å². The van der Waals surface area contributed by atoms with Crippen molar-refractivity contribution in [2.24, 2.45) is 17.2 Å². The summed E-state index contributed by atoms with van der Waals surface area (Å²) in [7, 11) is 0. The van der Waals surface area contributed by atoms with E-state index in [0.29, 0.717) is 53.1 Å². The lowest BCUT2D eigenvalue weighted by molar-refractivity contribution is -0.144. The second-order valence-corrected chi connectivity index (χ2v) is 19.5. The Labute approximate surface area is 387 Å². The number of hydrogen-bond acceptors (Lipinski definition) is 12. The average Bonchev–Trinajstić information content (AvgIpc) is 3.53. The Morgan fingerprint density at radius 3 is 1.70 bits per heavy atom. The van der Waals surface area contributed by atoms with Gasteiger partial charge in [0, 0.05) is 42.2 Å². The molecule has 0 bridgehead atoms. The van der Waals surface area contributed by atoms with Gasteiger partial charge in [-0.05, 0) is 130 Å². The molecule has 1 heterocycles. The van der Waals surface area contributed by atoms with Crippen molar-refractivity contribution in [3.8, 4) is 5.75 Å². The number of para-hydroxylation sites is 1. The summed E-state index contributed by atoms with van der Waals surface area (Å²) < 4.78 is 15.9. The quantitative estimate of drug-likeness (QED) is 0.0490. The first-order valence-corrected chi connectivity index (χ1v) is 22.2. The molecule has 1 aliphatic rings. The number of nitrogens with one attached hydrogen (secondary N) is 3. The summed E-state index contributed by atoms with van der Waals surface area (Å²) in [5.41, 5.74) is 24.6. The highest BCUT2D eigenvalue weighted by Gasteiger charge is 2.56. The molecule has 3 aromatic rings. The molecule has 4 rings (SSSR count). The van der Waals surface area contributed by atoms with Crippen LogP contribution in [0.5, 0.6) is 5.75 Å². The van der Waals surface area contributed by atoms with Crippen LogP contribution in [0.15, 0.2) is 79.0 Å². The molecular weight excluding hydrogens is 845 g/mol. The molecule has 0 saturated heterocycles. The molecule has 17 heteroatoms. The van der Waals surface area contributed by atoms with Gasteiger partial charge in [0.25, 0.3) is 0 Å². The van der Waals surface area contributed by atoms with Crippen LogP contribution in [0, 0.1) is 0 Å². The zero-order valence-electron chi connectivity index (χ0n) is 39.7. The van der Waals surface area contributed by atoms with Gasteiger partial charge in [-0.1, -0.05) is 36.4 Å². The fourth-order valence-electron chi connectivity index (χ4n) is 7.40. The van der Waals surface area contributed by atoms with Gasteiger partial charge >= 0.3 is 24.0 Å². The van der Waals surface area contributed by atoms with E-state index in [9.17, 15) is 19.2 Å². The van der Waals surface area contributed by atoms with Gasteiger partial charge in [-0.2, -0.15) is 0 Å². The average molecular weight is 914 g/mol. The number of imide groups is 1. The minimum Gasteiger partial charge on any atom is -0.488 e. The number of carbonyl (C=O) groups is 6. The van der Waals surface area contributed by atoms with Gasteiger partial charge in [-0.15, -0.1) is 4.48 Å². The van der Waals surface area contributed by atoms with Crippen molar-refractivity contribution in [2.45, 2.75) is 142 Å². The number of nitrogens with two attached hydrogens (primary N) is 4. The Morgan fingerprint density at radius 1 is 0.636 bits per heavy atom. The predicted octanol–water partition coefficient (Wildman–Crippen LogP) is 5.25.